The number of hydrogen-bond donors (Lipinski definition) is 0. The van der Waals surface area contributed by atoms with Crippen LogP contribution < -0.4 is 0 Å². The van der Waals surface area contributed by atoms with Crippen molar-refractivity contribution in [3.63, 3.8) is 0 Å². The number of esters is 2. The van der Waals surface area contributed by atoms with Gasteiger partial charge in [-0.25, -0.2) is 4.79 Å². The molecule has 0 aromatic rings. The number of halogens is 1. The van der Waals surface area contributed by atoms with Gasteiger partial charge in [0.25, 0.3) is 0 Å². The first-order chi connectivity index (χ1) is 8.85. The molecule has 0 aromatic heterocycles. The highest BCUT2D eigenvalue weighted by molar-refractivity contribution is 9.09. The van der Waals surface area contributed by atoms with Crippen LogP contribution in [0.15, 0.2) is 0 Å². The summed E-state index contributed by atoms with van der Waals surface area (Å²) in [4.78, 5) is 23.5. The van der Waals surface area contributed by atoms with Gasteiger partial charge < -0.3 is 18.9 Å². The van der Waals surface area contributed by atoms with Crippen molar-refractivity contribution in [3.05, 3.63) is 0 Å². The average molecular weight is 335 g/mol. The van der Waals surface area contributed by atoms with Crippen LogP contribution in [0.2, 0.25) is 0 Å². The number of carbonyl (C=O) groups excluding carboxylic acids is 2. The van der Waals surface area contributed by atoms with E-state index in [0.29, 0.717) is 6.42 Å². The zero-order chi connectivity index (χ0) is 13.8. The van der Waals surface area contributed by atoms with Crippen molar-refractivity contribution in [3.8, 4) is 0 Å². The predicted molar refractivity (Wildman–Crippen MR) is 65.6 cm³/mol. The van der Waals surface area contributed by atoms with Gasteiger partial charge >= 0.3 is 11.9 Å². The summed E-state index contributed by atoms with van der Waals surface area (Å²) in [6.07, 6.45) is -0.350. The Morgan fingerprint density at radius 3 is 2.74 bits per heavy atom. The maximum atomic E-state index is 12.0. The van der Waals surface area contributed by atoms with Gasteiger partial charge in [-0.3, -0.25) is 4.79 Å². The summed E-state index contributed by atoms with van der Waals surface area (Å²) in [5, 5.41) is 0.0453. The fourth-order valence-corrected chi connectivity index (χ4v) is 3.19. The molecular weight excluding hydrogens is 320 g/mol. The van der Waals surface area contributed by atoms with Crippen molar-refractivity contribution in [1.82, 2.24) is 0 Å². The van der Waals surface area contributed by atoms with Gasteiger partial charge in [-0.05, 0) is 13.8 Å². The van der Waals surface area contributed by atoms with Gasteiger partial charge in [-0.1, -0.05) is 15.9 Å². The summed E-state index contributed by atoms with van der Waals surface area (Å²) in [7, 11) is 0. The smallest absolute Gasteiger partial charge is 0.351 e. The number of alkyl halides is 1. The quantitative estimate of drug-likeness (QED) is 0.552. The van der Waals surface area contributed by atoms with Crippen LogP contribution in [0, 0.1) is 0 Å². The molecule has 0 radical (unpaired) electrons. The Kier molecular flexibility index (Phi) is 2.92. The van der Waals surface area contributed by atoms with E-state index in [1.54, 1.807) is 0 Å². The van der Waals surface area contributed by atoms with Gasteiger partial charge in [-0.2, -0.15) is 0 Å². The lowest BCUT2D eigenvalue weighted by molar-refractivity contribution is -0.180. The van der Waals surface area contributed by atoms with Crippen LogP contribution in [0.1, 0.15) is 26.7 Å². The lowest BCUT2D eigenvalue weighted by Gasteiger charge is -2.32. The number of ether oxygens (including phenoxy) is 4. The van der Waals surface area contributed by atoms with E-state index in [-0.39, 0.29) is 24.0 Å². The maximum absolute atomic E-state index is 12.0. The molecule has 0 N–H and O–H groups in total. The van der Waals surface area contributed by atoms with Crippen molar-refractivity contribution in [2.24, 2.45) is 0 Å². The van der Waals surface area contributed by atoms with Crippen LogP contribution in [-0.4, -0.2) is 47.0 Å². The molecule has 2 bridgehead atoms. The minimum absolute atomic E-state index is 0.0453. The van der Waals surface area contributed by atoms with Gasteiger partial charge in [0.1, 0.15) is 17.5 Å². The molecule has 2 heterocycles. The van der Waals surface area contributed by atoms with E-state index in [1.807, 2.05) is 13.8 Å². The van der Waals surface area contributed by atoms with E-state index in [9.17, 15) is 9.59 Å². The largest absolute Gasteiger partial charge is 0.456 e. The van der Waals surface area contributed by atoms with Gasteiger partial charge in [0.2, 0.25) is 5.60 Å². The van der Waals surface area contributed by atoms with Crippen LogP contribution in [0.5, 0.6) is 0 Å². The monoisotopic (exact) mass is 334 g/mol. The molecule has 2 saturated heterocycles. The summed E-state index contributed by atoms with van der Waals surface area (Å²) in [5.41, 5.74) is -1.21. The third-order valence-corrected chi connectivity index (χ3v) is 4.16. The lowest BCUT2D eigenvalue weighted by Crippen LogP contribution is -2.49. The van der Waals surface area contributed by atoms with Gasteiger partial charge in [0.15, 0.2) is 5.79 Å². The number of carbonyl (C=O) groups is 2. The van der Waals surface area contributed by atoms with E-state index < -0.39 is 29.4 Å². The zero-order valence-electron chi connectivity index (χ0n) is 10.7. The first-order valence-corrected chi connectivity index (χ1v) is 7.32. The minimum atomic E-state index is -1.21. The Morgan fingerprint density at radius 2 is 2.05 bits per heavy atom. The molecule has 19 heavy (non-hydrogen) atoms. The van der Waals surface area contributed by atoms with Crippen LogP contribution >= 0.6 is 15.9 Å². The topological polar surface area (TPSA) is 71.1 Å². The summed E-state index contributed by atoms with van der Waals surface area (Å²) in [6, 6.07) is 0. The molecule has 0 spiro atoms. The fourth-order valence-electron chi connectivity index (χ4n) is 3.08. The number of fused-ring (bicyclic) bond motifs is 4. The van der Waals surface area contributed by atoms with Gasteiger partial charge in [0.05, 0.1) is 6.10 Å². The molecule has 1 unspecified atom stereocenters. The Hall–Kier alpha value is -0.660. The summed E-state index contributed by atoms with van der Waals surface area (Å²) >= 11 is 3.02. The zero-order valence-corrected chi connectivity index (χ0v) is 12.3. The Morgan fingerprint density at radius 1 is 1.37 bits per heavy atom. The van der Waals surface area contributed by atoms with Crippen LogP contribution in [-0.2, 0) is 28.5 Å². The van der Waals surface area contributed by atoms with Crippen LogP contribution in [0.4, 0.5) is 0 Å². The van der Waals surface area contributed by atoms with Crippen molar-refractivity contribution in [2.45, 2.75) is 56.4 Å². The van der Waals surface area contributed by atoms with E-state index in [2.05, 4.69) is 15.9 Å². The Balaban J connectivity index is 1.84. The van der Waals surface area contributed by atoms with E-state index in [1.165, 1.54) is 0 Å². The first-order valence-electron chi connectivity index (χ1n) is 6.20. The molecule has 1 saturated carbocycles. The average Bonchev–Trinajstić information content (AvgIpc) is 2.75. The van der Waals surface area contributed by atoms with Crippen LogP contribution in [0.25, 0.3) is 0 Å². The Labute approximate surface area is 118 Å². The van der Waals surface area contributed by atoms with Crippen LogP contribution in [0.3, 0.4) is 0 Å². The molecule has 6 nitrogen and oxygen atoms in total. The molecular formula is C12H15BrO6. The first kappa shape index (κ1) is 13.3. The minimum Gasteiger partial charge on any atom is -0.456 e. The highest BCUT2D eigenvalue weighted by Gasteiger charge is 2.65. The van der Waals surface area contributed by atoms with Crippen molar-refractivity contribution >= 4 is 27.9 Å². The van der Waals surface area contributed by atoms with Gasteiger partial charge in [0, 0.05) is 12.8 Å². The third-order valence-electron chi connectivity index (χ3n) is 3.70. The van der Waals surface area contributed by atoms with Gasteiger partial charge in [-0.15, -0.1) is 0 Å². The number of rotatable bonds is 2. The van der Waals surface area contributed by atoms with E-state index >= 15 is 0 Å². The molecule has 2 aliphatic heterocycles. The summed E-state index contributed by atoms with van der Waals surface area (Å²) < 4.78 is 22.1. The number of hydrogen-bond acceptors (Lipinski definition) is 6. The highest BCUT2D eigenvalue weighted by Crippen LogP contribution is 2.48. The van der Waals surface area contributed by atoms with Crippen molar-refractivity contribution < 1.29 is 28.5 Å². The Bertz CT molecular complexity index is 436. The molecule has 1 aliphatic carbocycles. The van der Waals surface area contributed by atoms with E-state index in [4.69, 9.17) is 18.9 Å². The molecule has 0 aromatic carbocycles. The SMILES string of the molecule is CC1(C)OC2[C@H]3C[C@@](OC(=O)CBr)(C[C@H]2O1)C(=O)O3. The molecule has 3 rings (SSSR count). The molecule has 0 amide bonds. The maximum Gasteiger partial charge on any atom is 0.351 e. The second-order valence-corrected chi connectivity index (χ2v) is 6.15. The predicted octanol–water partition coefficient (Wildman–Crippen LogP) is 0.903. The lowest BCUT2D eigenvalue weighted by atomic mass is 9.82. The summed E-state index contributed by atoms with van der Waals surface area (Å²) in [6.45, 7) is 3.63. The molecule has 7 heteroatoms. The fraction of sp³-hybridized carbons (Fsp3) is 0.833. The third kappa shape index (κ3) is 2.08. The second kappa shape index (κ2) is 4.17. The second-order valence-electron chi connectivity index (χ2n) is 5.59. The molecule has 3 aliphatic rings. The van der Waals surface area contributed by atoms with E-state index in [0.717, 1.165) is 0 Å². The summed E-state index contributed by atoms with van der Waals surface area (Å²) in [5.74, 6) is -1.67. The van der Waals surface area contributed by atoms with Crippen molar-refractivity contribution in [2.75, 3.05) is 5.33 Å². The molecule has 106 valence electrons. The molecule has 3 fully saturated rings. The standard InChI is InChI=1S/C12H15BrO6/c1-11(2)17-7-4-12(18-8(14)5-13)3-6(9(7)19-11)16-10(12)15/h6-7,9H,3-5H2,1-2H3/t6-,7-,9?,12-/m1/s1. The normalized spacial score (nSPS) is 42.7. The van der Waals surface area contributed by atoms with Crippen molar-refractivity contribution in [1.29, 1.82) is 0 Å². The highest BCUT2D eigenvalue weighted by atomic mass is 79.9. The molecule has 4 atom stereocenters.